The van der Waals surface area contributed by atoms with Crippen LogP contribution in [0.2, 0.25) is 0 Å². The van der Waals surface area contributed by atoms with Crippen LogP contribution in [-0.2, 0) is 20.1 Å². The van der Waals surface area contributed by atoms with Crippen LogP contribution >= 0.6 is 0 Å². The number of fused-ring (bicyclic) bond motifs is 4. The number of hydrogen-bond donors (Lipinski definition) is 0. The van der Waals surface area contributed by atoms with E-state index >= 15 is 0 Å². The smallest absolute Gasteiger partial charge is 0.506 e. The molecule has 64 heavy (non-hydrogen) atoms. The zero-order valence-corrected chi connectivity index (χ0v) is 38.2. The van der Waals surface area contributed by atoms with E-state index in [0.29, 0.717) is 23.6 Å². The maximum absolute atomic E-state index is 4.67. The molecular formula is C57H41IrN6. The number of hydrogen-bond acceptors (Lipinski definition) is 6. The van der Waals surface area contributed by atoms with Crippen molar-refractivity contribution in [1.29, 1.82) is 0 Å². The van der Waals surface area contributed by atoms with E-state index in [-0.39, 0.29) is 20.1 Å². The standard InChI is InChI=1S/C42H21N4.C15H20N2.Ir/c1-7-23-9-3-13-27-33-19-21-35(31-17-5-15-29(39(31)33)25(11-1)37(23)27)41-43-45-42(46-44-41)36-22-20-34-28-14-4-10-24-8-2-12-26(38(24)28)30-16-6-18-32(36)40(30)34;1-12(2)14-5-7-15(8-6-14)17-10-9-16(11-17)13(3)4;/h1-21H;5-7,9-13H,1-4H3;/q-1;-2;+3. The van der Waals surface area contributed by atoms with Gasteiger partial charge in [0.1, 0.15) is 5.82 Å². The van der Waals surface area contributed by atoms with Crippen LogP contribution in [0.15, 0.2) is 158 Å². The van der Waals surface area contributed by atoms with Crippen LogP contribution in [0.3, 0.4) is 0 Å². The van der Waals surface area contributed by atoms with E-state index in [9.17, 15) is 0 Å². The van der Waals surface area contributed by atoms with Gasteiger partial charge in [0, 0.05) is 5.56 Å². The summed E-state index contributed by atoms with van der Waals surface area (Å²) >= 11 is 0. The van der Waals surface area contributed by atoms with Gasteiger partial charge >= 0.3 is 20.1 Å². The normalized spacial score (nSPS) is 13.0. The molecule has 308 valence electrons. The summed E-state index contributed by atoms with van der Waals surface area (Å²) in [5.74, 6) is 1.53. The Balaban J connectivity index is 0.000000215. The monoisotopic (exact) mass is 1000 g/mol. The van der Waals surface area contributed by atoms with Gasteiger partial charge in [-0.2, -0.15) is 40.6 Å². The Hall–Kier alpha value is -7.05. The average Bonchev–Trinajstić information content (AvgIpc) is 3.84. The molecule has 1 aliphatic rings. The molecule has 13 rings (SSSR count). The van der Waals surface area contributed by atoms with Crippen LogP contribution in [0, 0.1) is 18.8 Å². The Morgan fingerprint density at radius 1 is 0.453 bits per heavy atom. The second-order valence-corrected chi connectivity index (χ2v) is 17.2. The molecule has 1 aromatic heterocycles. The molecule has 0 spiro atoms. The SMILES string of the molecule is CC(C)c1c[c-]c(N2C=CN(C(C)C)[CH-]2)cc1.[Ir+3].[c-]1cc2c3cccc4cccc(c5cccc(c1-c1nnc(-c6ccc7c8cccc9cccc(c%10cccc6c%107)c98)nn1)c25)c43. The minimum Gasteiger partial charge on any atom is -0.506 e. The molecule has 0 amide bonds. The van der Waals surface area contributed by atoms with E-state index in [1.807, 2.05) is 0 Å². The summed E-state index contributed by atoms with van der Waals surface area (Å²) in [4.78, 5) is 4.29. The quantitative estimate of drug-likeness (QED) is 0.0973. The Bertz CT molecular complexity index is 3420. The zero-order valence-electron chi connectivity index (χ0n) is 35.8. The van der Waals surface area contributed by atoms with Gasteiger partial charge in [0.2, 0.25) is 5.82 Å². The Morgan fingerprint density at radius 3 is 1.50 bits per heavy atom. The van der Waals surface area contributed by atoms with E-state index in [0.717, 1.165) is 27.6 Å². The van der Waals surface area contributed by atoms with Crippen LogP contribution in [0.4, 0.5) is 5.69 Å². The summed E-state index contributed by atoms with van der Waals surface area (Å²) in [6.45, 7) is 10.9. The third-order valence-electron chi connectivity index (χ3n) is 12.9. The van der Waals surface area contributed by atoms with Gasteiger partial charge in [-0.3, -0.25) is 0 Å². The van der Waals surface area contributed by atoms with Gasteiger partial charge in [-0.1, -0.05) is 162 Å². The summed E-state index contributed by atoms with van der Waals surface area (Å²) in [5, 5.41) is 38.1. The first-order valence-corrected chi connectivity index (χ1v) is 21.7. The van der Waals surface area contributed by atoms with E-state index in [4.69, 9.17) is 0 Å². The summed E-state index contributed by atoms with van der Waals surface area (Å²) in [5.41, 5.74) is 4.15. The predicted molar refractivity (Wildman–Crippen MR) is 262 cm³/mol. The summed E-state index contributed by atoms with van der Waals surface area (Å²) in [6.07, 6.45) is 4.16. The first kappa shape index (κ1) is 39.8. The molecule has 2 heterocycles. The molecule has 0 unspecified atom stereocenters. The van der Waals surface area contributed by atoms with Crippen LogP contribution in [0.25, 0.3) is 109 Å². The Labute approximate surface area is 384 Å². The van der Waals surface area contributed by atoms with Crippen molar-refractivity contribution in [3.05, 3.63) is 182 Å². The number of aromatic nitrogens is 4. The average molecular weight is 1000 g/mol. The molecule has 0 N–H and O–H groups in total. The maximum atomic E-state index is 4.67. The van der Waals surface area contributed by atoms with E-state index in [2.05, 4.69) is 235 Å². The number of anilines is 1. The van der Waals surface area contributed by atoms with Gasteiger partial charge in [-0.05, 0) is 103 Å². The van der Waals surface area contributed by atoms with Crippen LogP contribution in [0.1, 0.15) is 39.2 Å². The van der Waals surface area contributed by atoms with Gasteiger partial charge in [0.25, 0.3) is 0 Å². The molecule has 0 saturated heterocycles. The van der Waals surface area contributed by atoms with Crippen molar-refractivity contribution < 1.29 is 20.1 Å². The zero-order chi connectivity index (χ0) is 42.3. The van der Waals surface area contributed by atoms with Gasteiger partial charge in [0.05, 0.1) is 0 Å². The Morgan fingerprint density at radius 2 is 0.953 bits per heavy atom. The fraction of sp³-hybridized carbons (Fsp3) is 0.105. The molecule has 0 bridgehead atoms. The third kappa shape index (κ3) is 6.25. The van der Waals surface area contributed by atoms with Crippen molar-refractivity contribution in [1.82, 2.24) is 25.3 Å². The minimum absolute atomic E-state index is 0. The van der Waals surface area contributed by atoms with Crippen molar-refractivity contribution in [2.24, 2.45) is 0 Å². The largest absolute Gasteiger partial charge is 3.00 e. The van der Waals surface area contributed by atoms with Crippen molar-refractivity contribution in [3.63, 3.8) is 0 Å². The van der Waals surface area contributed by atoms with Crippen molar-refractivity contribution in [2.45, 2.75) is 39.7 Å². The number of nitrogens with zero attached hydrogens (tertiary/aromatic N) is 6. The molecule has 12 aromatic rings. The number of rotatable bonds is 5. The second kappa shape index (κ2) is 15.6. The molecule has 0 atom stereocenters. The second-order valence-electron chi connectivity index (χ2n) is 17.2. The molecule has 11 aromatic carbocycles. The van der Waals surface area contributed by atoms with Crippen molar-refractivity contribution in [2.75, 3.05) is 4.90 Å². The summed E-state index contributed by atoms with van der Waals surface area (Å²) in [6, 6.07) is 59.2. The van der Waals surface area contributed by atoms with E-state index in [1.54, 1.807) is 0 Å². The van der Waals surface area contributed by atoms with E-state index < -0.39 is 0 Å². The number of benzene rings is 11. The van der Waals surface area contributed by atoms with Gasteiger partial charge in [-0.25, -0.2) is 0 Å². The molecule has 0 saturated carbocycles. The molecule has 7 heteroatoms. The summed E-state index contributed by atoms with van der Waals surface area (Å²) < 4.78 is 0. The fourth-order valence-corrected chi connectivity index (χ4v) is 9.80. The van der Waals surface area contributed by atoms with Crippen molar-refractivity contribution >= 4 is 91.9 Å². The third-order valence-corrected chi connectivity index (χ3v) is 12.9. The van der Waals surface area contributed by atoms with Gasteiger partial charge in [-0.15, -0.1) is 34.1 Å². The maximum Gasteiger partial charge on any atom is 3.00 e. The van der Waals surface area contributed by atoms with Crippen molar-refractivity contribution in [3.8, 4) is 22.8 Å². The summed E-state index contributed by atoms with van der Waals surface area (Å²) in [7, 11) is 0. The topological polar surface area (TPSA) is 58.0 Å². The fourth-order valence-electron chi connectivity index (χ4n) is 9.80. The predicted octanol–water partition coefficient (Wildman–Crippen LogP) is 14.2. The van der Waals surface area contributed by atoms with E-state index in [1.165, 1.54) is 81.0 Å². The van der Waals surface area contributed by atoms with Crippen LogP contribution in [-0.4, -0.2) is 31.3 Å². The van der Waals surface area contributed by atoms with Gasteiger partial charge < -0.3 is 9.80 Å². The van der Waals surface area contributed by atoms with Gasteiger partial charge in [0.15, 0.2) is 0 Å². The molecule has 6 nitrogen and oxygen atoms in total. The first-order valence-electron chi connectivity index (χ1n) is 21.7. The van der Waals surface area contributed by atoms with Crippen LogP contribution < -0.4 is 4.90 Å². The molecule has 0 radical (unpaired) electrons. The Kier molecular flexibility index (Phi) is 9.72. The molecule has 0 aliphatic carbocycles. The first-order chi connectivity index (χ1) is 30.9. The minimum atomic E-state index is 0. The molecule has 0 fully saturated rings. The van der Waals surface area contributed by atoms with Crippen LogP contribution in [0.5, 0.6) is 0 Å². The molecule has 1 aliphatic heterocycles. The molecular weight excluding hydrogens is 961 g/mol.